The van der Waals surface area contributed by atoms with Gasteiger partial charge < -0.3 is 16.8 Å². The van der Waals surface area contributed by atoms with E-state index in [-0.39, 0.29) is 23.1 Å². The first-order chi connectivity index (χ1) is 16.6. The van der Waals surface area contributed by atoms with Crippen LogP contribution in [0, 0.1) is 24.4 Å². The minimum absolute atomic E-state index is 0.0176. The highest BCUT2D eigenvalue weighted by atomic mass is 35.5. The van der Waals surface area contributed by atoms with Crippen LogP contribution in [0.3, 0.4) is 0 Å². The lowest BCUT2D eigenvalue weighted by Crippen LogP contribution is -2.50. The van der Waals surface area contributed by atoms with E-state index in [1.165, 1.54) is 12.1 Å². The number of hydrogen-bond donors (Lipinski definition) is 4. The van der Waals surface area contributed by atoms with Crippen LogP contribution in [-0.2, 0) is 6.54 Å². The summed E-state index contributed by atoms with van der Waals surface area (Å²) in [5, 5.41) is 5.55. The molecule has 3 rings (SSSR count). The number of amides is 1. The van der Waals surface area contributed by atoms with Gasteiger partial charge in [-0.1, -0.05) is 47.5 Å². The van der Waals surface area contributed by atoms with Crippen LogP contribution in [0.4, 0.5) is 13.2 Å². The highest BCUT2D eigenvalue weighted by molar-refractivity contribution is 6.31. The fourth-order valence-corrected chi connectivity index (χ4v) is 3.44. The van der Waals surface area contributed by atoms with Crippen LogP contribution < -0.4 is 22.1 Å². The molecule has 6 N–H and O–H groups in total. The van der Waals surface area contributed by atoms with Gasteiger partial charge in [-0.3, -0.25) is 10.1 Å². The number of rotatable bonds is 7. The second kappa shape index (κ2) is 11.8. The van der Waals surface area contributed by atoms with E-state index in [4.69, 9.17) is 23.1 Å². The number of carbonyl (C=O) groups is 1. The van der Waals surface area contributed by atoms with E-state index in [0.717, 1.165) is 35.4 Å². The van der Waals surface area contributed by atoms with Crippen molar-refractivity contribution in [2.45, 2.75) is 32.1 Å². The summed E-state index contributed by atoms with van der Waals surface area (Å²) in [5.74, 6) is -3.52. The quantitative estimate of drug-likeness (QED) is 0.219. The van der Waals surface area contributed by atoms with Gasteiger partial charge in [-0.25, -0.2) is 18.2 Å². The van der Waals surface area contributed by atoms with Crippen LogP contribution in [0.25, 0.3) is 0 Å². The Morgan fingerprint density at radius 1 is 1.00 bits per heavy atom. The van der Waals surface area contributed by atoms with Crippen molar-refractivity contribution in [2.75, 3.05) is 0 Å². The Balaban J connectivity index is 1.76. The van der Waals surface area contributed by atoms with E-state index in [1.807, 2.05) is 31.2 Å². The van der Waals surface area contributed by atoms with Gasteiger partial charge in [0.1, 0.15) is 5.82 Å². The van der Waals surface area contributed by atoms with Gasteiger partial charge >= 0.3 is 0 Å². The van der Waals surface area contributed by atoms with Crippen LogP contribution in [0.5, 0.6) is 0 Å². The van der Waals surface area contributed by atoms with Gasteiger partial charge in [0.15, 0.2) is 17.6 Å². The average Bonchev–Trinajstić information content (AvgIpc) is 2.80. The molecule has 0 aliphatic carbocycles. The van der Waals surface area contributed by atoms with Gasteiger partial charge in [0.25, 0.3) is 5.91 Å². The molecule has 2 unspecified atom stereocenters. The highest BCUT2D eigenvalue weighted by Crippen LogP contribution is 2.18. The van der Waals surface area contributed by atoms with Crippen molar-refractivity contribution in [1.82, 2.24) is 10.6 Å². The molecule has 3 aromatic carbocycles. The summed E-state index contributed by atoms with van der Waals surface area (Å²) < 4.78 is 40.2. The molecule has 0 bridgehead atoms. The van der Waals surface area contributed by atoms with E-state index in [9.17, 15) is 18.0 Å². The molecule has 1 amide bonds. The number of carbonyl (C=O) groups excluding carboxylic acids is 1. The molecule has 184 valence electrons. The first kappa shape index (κ1) is 26.2. The van der Waals surface area contributed by atoms with E-state index in [0.29, 0.717) is 12.0 Å². The molecule has 3 aromatic rings. The zero-order valence-corrected chi connectivity index (χ0v) is 19.6. The van der Waals surface area contributed by atoms with Crippen molar-refractivity contribution >= 4 is 23.5 Å². The number of guanidine groups is 1. The molecule has 2 atom stereocenters. The van der Waals surface area contributed by atoms with Gasteiger partial charge in [-0.05, 0) is 54.8 Å². The van der Waals surface area contributed by atoms with E-state index in [1.54, 1.807) is 0 Å². The maximum atomic E-state index is 13.6. The number of nitrogens with one attached hydrogen (secondary N) is 2. The standard InChI is InChI=1S/C25H25ClF3N5O/c1-14-2-4-15(5-3-14)22(30)12-23(31)33-25(32-13-17-6-8-18(27)11-19(17)26)34-24(35)16-7-9-20(28)21(29)10-16/h2-11,22-23H,12-13,30-31H2,1H3,(H2,32,33,34,35). The first-order valence-electron chi connectivity index (χ1n) is 10.7. The molecule has 0 spiro atoms. The van der Waals surface area contributed by atoms with Crippen molar-refractivity contribution in [3.05, 3.63) is 105 Å². The number of aryl methyl sites for hydroxylation is 1. The number of nitrogens with zero attached hydrogens (tertiary/aromatic N) is 1. The molecule has 0 radical (unpaired) electrons. The maximum absolute atomic E-state index is 13.6. The Morgan fingerprint density at radius 3 is 2.37 bits per heavy atom. The fraction of sp³-hybridized carbons (Fsp3) is 0.200. The normalized spacial score (nSPS) is 13.3. The number of hydrogen-bond acceptors (Lipinski definition) is 4. The molecule has 0 fully saturated rings. The number of benzene rings is 3. The van der Waals surface area contributed by atoms with Crippen LogP contribution in [0.1, 0.15) is 39.5 Å². The third-order valence-electron chi connectivity index (χ3n) is 5.17. The number of nitrogens with two attached hydrogens (primary N) is 2. The largest absolute Gasteiger partial charge is 0.341 e. The zero-order chi connectivity index (χ0) is 25.5. The predicted molar refractivity (Wildman–Crippen MR) is 130 cm³/mol. The maximum Gasteiger partial charge on any atom is 0.258 e. The first-order valence-corrected chi connectivity index (χ1v) is 11.1. The number of halogens is 4. The Bertz CT molecular complexity index is 1220. The fourth-order valence-electron chi connectivity index (χ4n) is 3.21. The Kier molecular flexibility index (Phi) is 8.86. The minimum atomic E-state index is -1.16. The van der Waals surface area contributed by atoms with E-state index >= 15 is 0 Å². The summed E-state index contributed by atoms with van der Waals surface area (Å²) in [6, 6.07) is 13.9. The van der Waals surface area contributed by atoms with Crippen molar-refractivity contribution in [2.24, 2.45) is 16.5 Å². The summed E-state index contributed by atoms with van der Waals surface area (Å²) in [6.07, 6.45) is -0.431. The Hall–Kier alpha value is -3.40. The van der Waals surface area contributed by atoms with Crippen molar-refractivity contribution in [1.29, 1.82) is 0 Å². The third-order valence-corrected chi connectivity index (χ3v) is 5.52. The van der Waals surface area contributed by atoms with Crippen molar-refractivity contribution in [3.63, 3.8) is 0 Å². The highest BCUT2D eigenvalue weighted by Gasteiger charge is 2.17. The van der Waals surface area contributed by atoms with Crippen LogP contribution in [-0.4, -0.2) is 18.0 Å². The van der Waals surface area contributed by atoms with Gasteiger partial charge in [-0.15, -0.1) is 0 Å². The summed E-state index contributed by atoms with van der Waals surface area (Å²) in [6.45, 7) is 1.95. The molecule has 0 aromatic heterocycles. The lowest BCUT2D eigenvalue weighted by Gasteiger charge is -2.21. The minimum Gasteiger partial charge on any atom is -0.341 e. The zero-order valence-electron chi connectivity index (χ0n) is 18.9. The van der Waals surface area contributed by atoms with Crippen molar-refractivity contribution in [3.8, 4) is 0 Å². The van der Waals surface area contributed by atoms with E-state index < -0.39 is 35.6 Å². The topological polar surface area (TPSA) is 106 Å². The third kappa shape index (κ3) is 7.54. The molecule has 10 heteroatoms. The Labute approximate surface area is 206 Å². The summed E-state index contributed by atoms with van der Waals surface area (Å²) in [5.41, 5.74) is 14.8. The molecule has 0 heterocycles. The number of aliphatic imine (C=N–C) groups is 1. The monoisotopic (exact) mass is 503 g/mol. The smallest absolute Gasteiger partial charge is 0.258 e. The molecule has 0 aliphatic heterocycles. The average molecular weight is 504 g/mol. The molecule has 0 saturated heterocycles. The van der Waals surface area contributed by atoms with Gasteiger partial charge in [0.05, 0.1) is 12.7 Å². The second-order valence-corrected chi connectivity index (χ2v) is 8.39. The second-order valence-electron chi connectivity index (χ2n) is 7.99. The van der Waals surface area contributed by atoms with Crippen molar-refractivity contribution < 1.29 is 18.0 Å². The van der Waals surface area contributed by atoms with Crippen LogP contribution in [0.15, 0.2) is 65.7 Å². The SMILES string of the molecule is Cc1ccc(C(N)CC(N)NC(=NCc2ccc(F)cc2Cl)NC(=O)c2ccc(F)c(F)c2)cc1. The predicted octanol–water partition coefficient (Wildman–Crippen LogP) is 4.32. The van der Waals surface area contributed by atoms with Gasteiger partial charge in [-0.2, -0.15) is 0 Å². The lowest BCUT2D eigenvalue weighted by molar-refractivity contribution is 0.0975. The molecular weight excluding hydrogens is 479 g/mol. The lowest BCUT2D eigenvalue weighted by atomic mass is 10.0. The summed E-state index contributed by atoms with van der Waals surface area (Å²) >= 11 is 6.06. The summed E-state index contributed by atoms with van der Waals surface area (Å²) in [4.78, 5) is 16.9. The molecule has 6 nitrogen and oxygen atoms in total. The Morgan fingerprint density at radius 2 is 1.71 bits per heavy atom. The van der Waals surface area contributed by atoms with Crippen LogP contribution >= 0.6 is 11.6 Å². The summed E-state index contributed by atoms with van der Waals surface area (Å²) in [7, 11) is 0. The molecule has 0 aliphatic rings. The van der Waals surface area contributed by atoms with Gasteiger partial charge in [0.2, 0.25) is 0 Å². The van der Waals surface area contributed by atoms with Crippen LogP contribution in [0.2, 0.25) is 5.02 Å². The van der Waals surface area contributed by atoms with E-state index in [2.05, 4.69) is 15.6 Å². The molecule has 35 heavy (non-hydrogen) atoms. The molecular formula is C25H25ClF3N5O. The van der Waals surface area contributed by atoms with Gasteiger partial charge in [0, 0.05) is 16.6 Å². The molecule has 0 saturated carbocycles.